The van der Waals surface area contributed by atoms with Crippen molar-refractivity contribution in [3.05, 3.63) is 47.1 Å². The lowest BCUT2D eigenvalue weighted by atomic mass is 10.1. The van der Waals surface area contributed by atoms with E-state index in [1.807, 2.05) is 0 Å². The summed E-state index contributed by atoms with van der Waals surface area (Å²) < 4.78 is 66.6. The molecule has 0 amide bonds. The average Bonchev–Trinajstić information content (AvgIpc) is 3.19. The van der Waals surface area contributed by atoms with Gasteiger partial charge in [-0.2, -0.15) is 18.2 Å². The molecule has 1 aliphatic rings. The summed E-state index contributed by atoms with van der Waals surface area (Å²) in [5, 5.41) is 3.64. The molecule has 1 aromatic heterocycles. The molecule has 124 valence electrons. The van der Waals surface area contributed by atoms with Crippen molar-refractivity contribution in [2.24, 2.45) is 0 Å². The first kappa shape index (κ1) is 16.0. The van der Waals surface area contributed by atoms with Gasteiger partial charge < -0.3 is 4.52 Å². The van der Waals surface area contributed by atoms with Gasteiger partial charge in [-0.3, -0.25) is 0 Å². The van der Waals surface area contributed by atoms with Crippen molar-refractivity contribution >= 4 is 9.84 Å². The summed E-state index contributed by atoms with van der Waals surface area (Å²) in [6.45, 7) is 0. The van der Waals surface area contributed by atoms with E-state index in [0.717, 1.165) is 37.1 Å². The molecule has 0 aliphatic heterocycles. The predicted octanol–water partition coefficient (Wildman–Crippen LogP) is 3.08. The maximum Gasteiger partial charge on any atom is 0.416 e. The molecular formula is C14H13F3N2O3S. The second kappa shape index (κ2) is 5.63. The lowest BCUT2D eigenvalue weighted by Gasteiger charge is -2.07. The normalized spacial score (nSPS) is 15.8. The minimum Gasteiger partial charge on any atom is -0.339 e. The largest absolute Gasteiger partial charge is 0.416 e. The summed E-state index contributed by atoms with van der Waals surface area (Å²) >= 11 is 0. The number of hydrogen-bond acceptors (Lipinski definition) is 5. The molecule has 1 heterocycles. The van der Waals surface area contributed by atoms with Crippen LogP contribution in [-0.2, 0) is 27.5 Å². The molecule has 0 bridgehead atoms. The molecule has 0 atom stereocenters. The van der Waals surface area contributed by atoms with Gasteiger partial charge in [0.2, 0.25) is 5.89 Å². The summed E-state index contributed by atoms with van der Waals surface area (Å²) in [5.74, 6) is -0.0136. The average molecular weight is 346 g/mol. The first-order valence-corrected chi connectivity index (χ1v) is 8.74. The van der Waals surface area contributed by atoms with Crippen molar-refractivity contribution in [1.82, 2.24) is 10.1 Å². The maximum atomic E-state index is 12.5. The Morgan fingerprint density at radius 2 is 1.78 bits per heavy atom. The fourth-order valence-electron chi connectivity index (χ4n) is 2.11. The number of aromatic nitrogens is 2. The topological polar surface area (TPSA) is 73.1 Å². The molecule has 0 spiro atoms. The van der Waals surface area contributed by atoms with E-state index in [1.54, 1.807) is 0 Å². The minimum absolute atomic E-state index is 0.0822. The Balaban J connectivity index is 1.67. The van der Waals surface area contributed by atoms with Gasteiger partial charge in [0.25, 0.3) is 0 Å². The van der Waals surface area contributed by atoms with Gasteiger partial charge in [-0.1, -0.05) is 17.3 Å². The quantitative estimate of drug-likeness (QED) is 0.832. The highest BCUT2D eigenvalue weighted by Crippen LogP contribution is 2.38. The summed E-state index contributed by atoms with van der Waals surface area (Å²) in [4.78, 5) is 4.04. The zero-order valence-electron chi connectivity index (χ0n) is 11.9. The Morgan fingerprint density at radius 1 is 1.13 bits per heavy atom. The highest BCUT2D eigenvalue weighted by molar-refractivity contribution is 7.89. The van der Waals surface area contributed by atoms with Crippen LogP contribution in [0.5, 0.6) is 0 Å². The van der Waals surface area contributed by atoms with Crippen molar-refractivity contribution in [3.63, 3.8) is 0 Å². The van der Waals surface area contributed by atoms with Crippen LogP contribution in [0.1, 0.15) is 41.6 Å². The maximum absolute atomic E-state index is 12.5. The zero-order chi connectivity index (χ0) is 16.7. The molecule has 0 N–H and O–H groups in total. The van der Waals surface area contributed by atoms with E-state index in [9.17, 15) is 21.6 Å². The first-order chi connectivity index (χ1) is 10.7. The second-order valence-electron chi connectivity index (χ2n) is 5.55. The molecule has 1 aliphatic carbocycles. The minimum atomic E-state index is -4.44. The molecule has 2 aromatic rings. The standard InChI is InChI=1S/C14H13F3N2O3S/c15-14(16,17)11-5-1-9(2-6-11)7-23(20,21)8-12-18-13(22-19-12)10-3-4-10/h1-2,5-6,10H,3-4,7-8H2. The van der Waals surface area contributed by atoms with Crippen molar-refractivity contribution in [1.29, 1.82) is 0 Å². The Morgan fingerprint density at radius 3 is 2.35 bits per heavy atom. The molecular weight excluding hydrogens is 333 g/mol. The van der Waals surface area contributed by atoms with Gasteiger partial charge in [-0.15, -0.1) is 0 Å². The van der Waals surface area contributed by atoms with E-state index >= 15 is 0 Å². The van der Waals surface area contributed by atoms with Crippen LogP contribution in [0, 0.1) is 0 Å². The van der Waals surface area contributed by atoms with Gasteiger partial charge >= 0.3 is 6.18 Å². The van der Waals surface area contributed by atoms with Crippen LogP contribution >= 0.6 is 0 Å². The Hall–Kier alpha value is -1.90. The van der Waals surface area contributed by atoms with Crippen LogP contribution in [-0.4, -0.2) is 18.6 Å². The molecule has 9 heteroatoms. The third-order valence-electron chi connectivity index (χ3n) is 3.43. The molecule has 0 radical (unpaired) electrons. The monoisotopic (exact) mass is 346 g/mol. The fourth-order valence-corrected chi connectivity index (χ4v) is 3.43. The Bertz CT molecular complexity index is 793. The number of hydrogen-bond donors (Lipinski definition) is 0. The van der Waals surface area contributed by atoms with Gasteiger partial charge in [0.15, 0.2) is 15.7 Å². The van der Waals surface area contributed by atoms with Gasteiger partial charge in [0.05, 0.1) is 11.3 Å². The molecule has 23 heavy (non-hydrogen) atoms. The van der Waals surface area contributed by atoms with Crippen molar-refractivity contribution in [2.45, 2.75) is 36.4 Å². The van der Waals surface area contributed by atoms with Gasteiger partial charge in [0.1, 0.15) is 5.75 Å². The third-order valence-corrected chi connectivity index (χ3v) is 4.90. The molecule has 1 saturated carbocycles. The Labute approximate surface area is 130 Å². The van der Waals surface area contributed by atoms with E-state index in [4.69, 9.17) is 4.52 Å². The number of nitrogens with zero attached hydrogens (tertiary/aromatic N) is 2. The lowest BCUT2D eigenvalue weighted by molar-refractivity contribution is -0.137. The Kier molecular flexibility index (Phi) is 3.91. The van der Waals surface area contributed by atoms with E-state index in [1.165, 1.54) is 0 Å². The molecule has 1 fully saturated rings. The molecule has 5 nitrogen and oxygen atoms in total. The van der Waals surface area contributed by atoms with Crippen LogP contribution in [0.2, 0.25) is 0 Å². The predicted molar refractivity (Wildman–Crippen MR) is 74.0 cm³/mol. The zero-order valence-corrected chi connectivity index (χ0v) is 12.7. The molecule has 3 rings (SSSR count). The number of halogens is 3. The molecule has 0 saturated heterocycles. The van der Waals surface area contributed by atoms with Crippen molar-refractivity contribution in [2.75, 3.05) is 0 Å². The van der Waals surface area contributed by atoms with Crippen LogP contribution in [0.15, 0.2) is 28.8 Å². The van der Waals surface area contributed by atoms with E-state index in [-0.39, 0.29) is 23.1 Å². The summed E-state index contributed by atoms with van der Waals surface area (Å²) in [6.07, 6.45) is -2.53. The number of rotatable bonds is 5. The molecule has 1 aromatic carbocycles. The fraction of sp³-hybridized carbons (Fsp3) is 0.429. The third kappa shape index (κ3) is 4.10. The highest BCUT2D eigenvalue weighted by atomic mass is 32.2. The van der Waals surface area contributed by atoms with E-state index < -0.39 is 27.3 Å². The smallest absolute Gasteiger partial charge is 0.339 e. The van der Waals surface area contributed by atoms with Crippen molar-refractivity contribution in [3.8, 4) is 0 Å². The van der Waals surface area contributed by atoms with Crippen LogP contribution < -0.4 is 0 Å². The van der Waals surface area contributed by atoms with Crippen LogP contribution in [0.25, 0.3) is 0 Å². The van der Waals surface area contributed by atoms with Gasteiger partial charge in [0, 0.05) is 5.92 Å². The number of alkyl halides is 3. The van der Waals surface area contributed by atoms with Crippen LogP contribution in [0.4, 0.5) is 13.2 Å². The van der Waals surface area contributed by atoms with Gasteiger partial charge in [-0.05, 0) is 30.5 Å². The summed E-state index contributed by atoms with van der Waals surface area (Å²) in [7, 11) is -3.59. The van der Waals surface area contributed by atoms with E-state index in [2.05, 4.69) is 10.1 Å². The van der Waals surface area contributed by atoms with E-state index in [0.29, 0.717) is 5.89 Å². The second-order valence-corrected chi connectivity index (χ2v) is 7.61. The highest BCUT2D eigenvalue weighted by Gasteiger charge is 2.31. The lowest BCUT2D eigenvalue weighted by Crippen LogP contribution is -2.10. The summed E-state index contributed by atoms with van der Waals surface area (Å²) in [6, 6.07) is 4.05. The SMILES string of the molecule is O=S(=O)(Cc1ccc(C(F)(F)F)cc1)Cc1noc(C2CC2)n1. The van der Waals surface area contributed by atoms with Crippen LogP contribution in [0.3, 0.4) is 0 Å². The number of sulfone groups is 1. The summed E-state index contributed by atoms with van der Waals surface area (Å²) in [5.41, 5.74) is -0.533. The van der Waals surface area contributed by atoms with Gasteiger partial charge in [-0.25, -0.2) is 8.42 Å². The number of benzene rings is 1. The first-order valence-electron chi connectivity index (χ1n) is 6.92. The van der Waals surface area contributed by atoms with Crippen molar-refractivity contribution < 1.29 is 26.1 Å². The molecule has 0 unspecified atom stereocenters.